The fourth-order valence-electron chi connectivity index (χ4n) is 3.33. The Bertz CT molecular complexity index is 1610. The maximum Gasteiger partial charge on any atom is 0.322 e. The van der Waals surface area contributed by atoms with E-state index in [1.807, 2.05) is 0 Å². The third-order valence-corrected chi connectivity index (χ3v) is 9.56. The number of amides is 1. The van der Waals surface area contributed by atoms with E-state index in [1.54, 1.807) is 56.3 Å². The number of nitrogens with zero attached hydrogens (tertiary/aromatic N) is 3. The minimum absolute atomic E-state index is 0.0263. The van der Waals surface area contributed by atoms with Crippen LogP contribution in [0.5, 0.6) is 0 Å². The molecule has 1 heterocycles. The zero-order valence-electron chi connectivity index (χ0n) is 20.2. The molecule has 0 saturated carbocycles. The van der Waals surface area contributed by atoms with Crippen LogP contribution in [0, 0.1) is 0 Å². The van der Waals surface area contributed by atoms with Gasteiger partial charge in [-0.2, -0.15) is 0 Å². The largest absolute Gasteiger partial charge is 0.403 e. The first-order valence-corrected chi connectivity index (χ1v) is 14.1. The summed E-state index contributed by atoms with van der Waals surface area (Å²) in [5.41, 5.74) is 1.17. The number of rotatable bonds is 8. The molecule has 1 amide bonds. The molecule has 0 aliphatic heterocycles. The van der Waals surface area contributed by atoms with Gasteiger partial charge in [0.05, 0.1) is 20.7 Å². The lowest BCUT2D eigenvalue weighted by atomic mass is 10.2. The van der Waals surface area contributed by atoms with Crippen LogP contribution in [0.3, 0.4) is 0 Å². The van der Waals surface area contributed by atoms with Gasteiger partial charge in [-0.1, -0.05) is 23.3 Å². The van der Waals surface area contributed by atoms with Gasteiger partial charge in [0, 0.05) is 18.2 Å². The van der Waals surface area contributed by atoms with Crippen molar-refractivity contribution in [2.24, 2.45) is 0 Å². The van der Waals surface area contributed by atoms with Gasteiger partial charge in [-0.05, 0) is 74.5 Å². The molecule has 4 rings (SSSR count). The summed E-state index contributed by atoms with van der Waals surface area (Å²) in [5, 5.41) is 9.61. The van der Waals surface area contributed by atoms with E-state index in [1.165, 1.54) is 43.4 Å². The maximum atomic E-state index is 12.9. The number of sulfone groups is 1. The Morgan fingerprint density at radius 1 is 0.838 bits per heavy atom. The molecule has 0 radical (unpaired) electrons. The van der Waals surface area contributed by atoms with Crippen molar-refractivity contribution in [3.05, 3.63) is 84.4 Å². The van der Waals surface area contributed by atoms with E-state index >= 15 is 0 Å². The van der Waals surface area contributed by atoms with Crippen LogP contribution in [0.4, 0.5) is 11.7 Å². The normalized spacial score (nSPS) is 11.9. The Labute approximate surface area is 214 Å². The SMILES string of the molecule is CC(C)S(=O)(=O)c1ccc(-c2nnc(NC(=O)c3ccc(S(=O)(=O)N(C)c4ccccc4)cc3)o2)cc1. The highest BCUT2D eigenvalue weighted by atomic mass is 32.2. The molecule has 0 aliphatic rings. The molecule has 0 bridgehead atoms. The zero-order chi connectivity index (χ0) is 26.8. The molecule has 3 aromatic carbocycles. The number of para-hydroxylation sites is 1. The third-order valence-electron chi connectivity index (χ3n) is 5.59. The summed E-state index contributed by atoms with van der Waals surface area (Å²) in [6.45, 7) is 3.21. The molecule has 4 aromatic rings. The minimum atomic E-state index is -3.81. The lowest BCUT2D eigenvalue weighted by molar-refractivity contribution is 0.102. The second kappa shape index (κ2) is 10.1. The van der Waals surface area contributed by atoms with Crippen molar-refractivity contribution in [1.29, 1.82) is 0 Å². The lowest BCUT2D eigenvalue weighted by Gasteiger charge is -2.19. The van der Waals surface area contributed by atoms with E-state index < -0.39 is 31.0 Å². The summed E-state index contributed by atoms with van der Waals surface area (Å²) < 4.78 is 57.0. The number of carbonyl (C=O) groups is 1. The average molecular weight is 541 g/mol. The van der Waals surface area contributed by atoms with Crippen LogP contribution in [0.1, 0.15) is 24.2 Å². The van der Waals surface area contributed by atoms with Gasteiger partial charge >= 0.3 is 6.01 Å². The van der Waals surface area contributed by atoms with Crippen molar-refractivity contribution >= 4 is 37.5 Å². The monoisotopic (exact) mass is 540 g/mol. The van der Waals surface area contributed by atoms with Gasteiger partial charge in [-0.25, -0.2) is 16.8 Å². The second-order valence-electron chi connectivity index (χ2n) is 8.32. The number of benzene rings is 3. The first-order valence-electron chi connectivity index (χ1n) is 11.1. The molecule has 37 heavy (non-hydrogen) atoms. The van der Waals surface area contributed by atoms with Gasteiger partial charge in [0.2, 0.25) is 5.89 Å². The summed E-state index contributed by atoms with van der Waals surface area (Å²) in [7, 11) is -5.77. The number of carbonyl (C=O) groups excluding carboxylic acids is 1. The van der Waals surface area contributed by atoms with Gasteiger partial charge in [0.1, 0.15) is 0 Å². The van der Waals surface area contributed by atoms with Crippen LogP contribution in [-0.4, -0.2) is 45.2 Å². The Morgan fingerprint density at radius 2 is 1.43 bits per heavy atom. The van der Waals surface area contributed by atoms with E-state index in [9.17, 15) is 21.6 Å². The van der Waals surface area contributed by atoms with Crippen LogP contribution < -0.4 is 9.62 Å². The molecule has 10 nitrogen and oxygen atoms in total. The first kappa shape index (κ1) is 26.0. The molecule has 0 atom stereocenters. The summed E-state index contributed by atoms with van der Waals surface area (Å²) in [6.07, 6.45) is 0. The summed E-state index contributed by atoms with van der Waals surface area (Å²) in [4.78, 5) is 12.8. The number of hydrogen-bond acceptors (Lipinski definition) is 8. The number of hydrogen-bond donors (Lipinski definition) is 1. The van der Waals surface area contributed by atoms with E-state index in [2.05, 4.69) is 15.5 Å². The van der Waals surface area contributed by atoms with Crippen LogP contribution in [-0.2, 0) is 19.9 Å². The molecule has 1 N–H and O–H groups in total. The third kappa shape index (κ3) is 5.39. The van der Waals surface area contributed by atoms with E-state index in [0.717, 1.165) is 4.31 Å². The summed E-state index contributed by atoms with van der Waals surface area (Å²) in [5.74, 6) is -0.483. The smallest absolute Gasteiger partial charge is 0.322 e. The molecule has 12 heteroatoms. The van der Waals surface area contributed by atoms with Crippen molar-refractivity contribution in [1.82, 2.24) is 10.2 Å². The van der Waals surface area contributed by atoms with Crippen molar-refractivity contribution in [3.63, 3.8) is 0 Å². The van der Waals surface area contributed by atoms with E-state index in [0.29, 0.717) is 11.3 Å². The fourth-order valence-corrected chi connectivity index (χ4v) is 5.59. The molecular formula is C25H24N4O6S2. The van der Waals surface area contributed by atoms with Crippen LogP contribution in [0.2, 0.25) is 0 Å². The van der Waals surface area contributed by atoms with Gasteiger partial charge in [0.15, 0.2) is 9.84 Å². The first-order chi connectivity index (χ1) is 17.5. The number of sulfonamides is 1. The lowest BCUT2D eigenvalue weighted by Crippen LogP contribution is -2.26. The van der Waals surface area contributed by atoms with Crippen LogP contribution in [0.15, 0.2) is 93.1 Å². The van der Waals surface area contributed by atoms with Gasteiger partial charge in [-0.15, -0.1) is 5.10 Å². The fraction of sp³-hybridized carbons (Fsp3) is 0.160. The molecule has 0 fully saturated rings. The van der Waals surface area contributed by atoms with E-state index in [-0.39, 0.29) is 27.3 Å². The topological polar surface area (TPSA) is 140 Å². The highest BCUT2D eigenvalue weighted by molar-refractivity contribution is 7.92. The Balaban J connectivity index is 1.45. The molecule has 0 saturated heterocycles. The molecular weight excluding hydrogens is 516 g/mol. The predicted molar refractivity (Wildman–Crippen MR) is 138 cm³/mol. The Kier molecular flexibility index (Phi) is 7.14. The number of aromatic nitrogens is 2. The predicted octanol–water partition coefficient (Wildman–Crippen LogP) is 4.00. The zero-order valence-corrected chi connectivity index (χ0v) is 21.8. The Morgan fingerprint density at radius 3 is 2.03 bits per heavy atom. The van der Waals surface area contributed by atoms with Crippen molar-refractivity contribution in [2.75, 3.05) is 16.7 Å². The summed E-state index contributed by atoms with van der Waals surface area (Å²) >= 11 is 0. The Hall–Kier alpha value is -4.03. The van der Waals surface area contributed by atoms with Crippen molar-refractivity contribution in [2.45, 2.75) is 28.9 Å². The van der Waals surface area contributed by atoms with E-state index in [4.69, 9.17) is 4.42 Å². The standard InChI is InChI=1S/C25H24N4O6S2/c1-17(2)36(31,32)21-13-11-19(12-14-21)24-27-28-25(35-24)26-23(30)18-9-15-22(16-10-18)37(33,34)29(3)20-7-5-4-6-8-20/h4-17H,1-3H3,(H,26,28,30). The quantitative estimate of drug-likeness (QED) is 0.354. The second-order valence-corrected chi connectivity index (χ2v) is 12.8. The van der Waals surface area contributed by atoms with Gasteiger partial charge < -0.3 is 4.42 Å². The van der Waals surface area contributed by atoms with Crippen LogP contribution in [0.25, 0.3) is 11.5 Å². The molecule has 1 aromatic heterocycles. The van der Waals surface area contributed by atoms with Crippen molar-refractivity contribution in [3.8, 4) is 11.5 Å². The van der Waals surface area contributed by atoms with Crippen LogP contribution >= 0.6 is 0 Å². The number of nitrogens with one attached hydrogen (secondary N) is 1. The van der Waals surface area contributed by atoms with Crippen molar-refractivity contribution < 1.29 is 26.0 Å². The summed E-state index contributed by atoms with van der Waals surface area (Å²) in [6, 6.07) is 19.9. The minimum Gasteiger partial charge on any atom is -0.403 e. The number of anilines is 2. The average Bonchev–Trinajstić information content (AvgIpc) is 3.37. The highest BCUT2D eigenvalue weighted by Gasteiger charge is 2.22. The van der Waals surface area contributed by atoms with Gasteiger partial charge in [-0.3, -0.25) is 14.4 Å². The molecule has 192 valence electrons. The maximum absolute atomic E-state index is 12.9. The van der Waals surface area contributed by atoms with Gasteiger partial charge in [0.25, 0.3) is 15.9 Å². The molecule has 0 unspecified atom stereocenters. The molecule has 0 aliphatic carbocycles. The highest BCUT2D eigenvalue weighted by Crippen LogP contribution is 2.25. The molecule has 0 spiro atoms.